The Hall–Kier alpha value is -2.90. The first kappa shape index (κ1) is 19.4. The maximum atomic E-state index is 14.8. The molecule has 0 aliphatic carbocycles. The van der Waals surface area contributed by atoms with Crippen molar-refractivity contribution in [2.24, 2.45) is 0 Å². The van der Waals surface area contributed by atoms with E-state index in [9.17, 15) is 9.18 Å². The summed E-state index contributed by atoms with van der Waals surface area (Å²) >= 11 is 7.48. The van der Waals surface area contributed by atoms with Crippen molar-refractivity contribution in [2.45, 2.75) is 19.9 Å². The van der Waals surface area contributed by atoms with Crippen LogP contribution in [0.5, 0.6) is 0 Å². The average molecular weight is 429 g/mol. The fourth-order valence-corrected chi connectivity index (χ4v) is 3.90. The molecule has 5 nitrogen and oxygen atoms in total. The van der Waals surface area contributed by atoms with Crippen LogP contribution in [-0.4, -0.2) is 21.7 Å². The van der Waals surface area contributed by atoms with Gasteiger partial charge in [0.2, 0.25) is 0 Å². The van der Waals surface area contributed by atoms with Crippen molar-refractivity contribution >= 4 is 51.1 Å². The Balaban J connectivity index is 1.67. The van der Waals surface area contributed by atoms with Gasteiger partial charge in [0, 0.05) is 22.9 Å². The normalized spacial score (nSPS) is 11.2. The molecule has 0 atom stereocenters. The van der Waals surface area contributed by atoms with Crippen molar-refractivity contribution in [1.82, 2.24) is 15.1 Å². The maximum absolute atomic E-state index is 14.8. The van der Waals surface area contributed by atoms with E-state index in [1.807, 2.05) is 31.4 Å². The van der Waals surface area contributed by atoms with Crippen molar-refractivity contribution < 1.29 is 9.18 Å². The summed E-state index contributed by atoms with van der Waals surface area (Å²) in [5.74, 6) is -0.558. The molecular formula is C21H18ClFN4OS. The van der Waals surface area contributed by atoms with Gasteiger partial charge >= 0.3 is 0 Å². The molecule has 0 bridgehead atoms. The lowest BCUT2D eigenvalue weighted by atomic mass is 10.2. The van der Waals surface area contributed by atoms with Gasteiger partial charge < -0.3 is 10.6 Å². The van der Waals surface area contributed by atoms with Gasteiger partial charge in [-0.25, -0.2) is 9.07 Å². The molecule has 2 aromatic carbocycles. The molecule has 0 aliphatic heterocycles. The number of fused-ring (bicyclic) bond motifs is 1. The van der Waals surface area contributed by atoms with Crippen LogP contribution >= 0.6 is 22.9 Å². The number of amides is 1. The van der Waals surface area contributed by atoms with Gasteiger partial charge in [0.05, 0.1) is 38.7 Å². The zero-order valence-corrected chi connectivity index (χ0v) is 17.3. The van der Waals surface area contributed by atoms with Crippen LogP contribution in [0.4, 0.5) is 15.8 Å². The van der Waals surface area contributed by atoms with Crippen molar-refractivity contribution in [2.75, 3.05) is 5.32 Å². The Morgan fingerprint density at radius 3 is 2.76 bits per heavy atom. The third-order valence-corrected chi connectivity index (χ3v) is 5.52. The fraction of sp³-hybridized carbons (Fsp3) is 0.143. The topological polar surface area (TPSA) is 59.0 Å². The maximum Gasteiger partial charge on any atom is 0.261 e. The van der Waals surface area contributed by atoms with Crippen molar-refractivity contribution in [1.29, 1.82) is 0 Å². The number of aromatic nitrogens is 2. The van der Waals surface area contributed by atoms with Crippen molar-refractivity contribution in [3.8, 4) is 5.69 Å². The van der Waals surface area contributed by atoms with Crippen molar-refractivity contribution in [3.05, 3.63) is 69.8 Å². The first-order valence-corrected chi connectivity index (χ1v) is 10.3. The van der Waals surface area contributed by atoms with E-state index < -0.39 is 5.82 Å². The Labute approximate surface area is 176 Å². The number of benzene rings is 2. The number of hydrogen-bond donors (Lipinski definition) is 2. The van der Waals surface area contributed by atoms with Gasteiger partial charge in [0.15, 0.2) is 0 Å². The largest absolute Gasteiger partial charge is 0.352 e. The number of nitrogens with one attached hydrogen (secondary N) is 2. The summed E-state index contributed by atoms with van der Waals surface area (Å²) in [7, 11) is 0. The zero-order chi connectivity index (χ0) is 20.5. The average Bonchev–Trinajstić information content (AvgIpc) is 3.30. The Morgan fingerprint density at radius 2 is 2.00 bits per heavy atom. The molecule has 4 rings (SSSR count). The van der Waals surface area contributed by atoms with E-state index in [0.717, 1.165) is 5.39 Å². The number of para-hydroxylation sites is 1. The van der Waals surface area contributed by atoms with E-state index in [0.29, 0.717) is 32.5 Å². The highest BCUT2D eigenvalue weighted by Crippen LogP contribution is 2.30. The minimum absolute atomic E-state index is 0.0525. The molecule has 0 spiro atoms. The first-order valence-electron chi connectivity index (χ1n) is 9.01. The summed E-state index contributed by atoms with van der Waals surface area (Å²) in [4.78, 5) is 12.8. The molecule has 2 N–H and O–H groups in total. The summed E-state index contributed by atoms with van der Waals surface area (Å²) in [5, 5.41) is 13.4. The molecule has 0 unspecified atom stereocenters. The Kier molecular flexibility index (Phi) is 5.25. The van der Waals surface area contributed by atoms with Crippen LogP contribution < -0.4 is 10.6 Å². The lowest BCUT2D eigenvalue weighted by molar-refractivity contribution is 0.0947. The van der Waals surface area contributed by atoms with Crippen LogP contribution in [0.3, 0.4) is 0 Å². The van der Waals surface area contributed by atoms with E-state index in [2.05, 4.69) is 15.7 Å². The molecule has 0 aliphatic rings. The highest BCUT2D eigenvalue weighted by molar-refractivity contribution is 7.12. The number of thiophene rings is 1. The summed E-state index contributed by atoms with van der Waals surface area (Å²) in [5.41, 5.74) is 2.26. The molecular weight excluding hydrogens is 411 g/mol. The summed E-state index contributed by atoms with van der Waals surface area (Å²) in [6.07, 6.45) is 1.66. The highest BCUT2D eigenvalue weighted by Gasteiger charge is 2.15. The zero-order valence-electron chi connectivity index (χ0n) is 15.7. The van der Waals surface area contributed by atoms with Crippen LogP contribution in [0.1, 0.15) is 23.5 Å². The van der Waals surface area contributed by atoms with Gasteiger partial charge in [-0.3, -0.25) is 4.79 Å². The number of nitrogens with zero attached hydrogens (tertiary/aromatic N) is 2. The molecule has 2 aromatic heterocycles. The smallest absolute Gasteiger partial charge is 0.261 e. The van der Waals surface area contributed by atoms with Crippen LogP contribution in [-0.2, 0) is 0 Å². The molecule has 148 valence electrons. The molecule has 0 saturated heterocycles. The number of hydrogen-bond acceptors (Lipinski definition) is 4. The van der Waals surface area contributed by atoms with E-state index in [1.54, 1.807) is 35.1 Å². The number of carbonyl (C=O) groups excluding carboxylic acids is 1. The number of anilines is 2. The predicted octanol–water partition coefficient (Wildman–Crippen LogP) is 5.76. The second-order valence-electron chi connectivity index (χ2n) is 6.85. The van der Waals surface area contributed by atoms with Crippen LogP contribution in [0.15, 0.2) is 54.0 Å². The second kappa shape index (κ2) is 7.85. The van der Waals surface area contributed by atoms with Gasteiger partial charge in [-0.15, -0.1) is 11.3 Å². The van der Waals surface area contributed by atoms with Gasteiger partial charge in [-0.2, -0.15) is 5.10 Å². The minimum Gasteiger partial charge on any atom is -0.352 e. The molecule has 29 heavy (non-hydrogen) atoms. The summed E-state index contributed by atoms with van der Waals surface area (Å²) < 4.78 is 16.4. The molecule has 4 aromatic rings. The number of halogens is 2. The predicted molar refractivity (Wildman–Crippen MR) is 116 cm³/mol. The highest BCUT2D eigenvalue weighted by atomic mass is 35.5. The molecule has 0 radical (unpaired) electrons. The van der Waals surface area contributed by atoms with Crippen LogP contribution in [0.25, 0.3) is 16.6 Å². The number of carbonyl (C=O) groups is 1. The minimum atomic E-state index is -0.424. The van der Waals surface area contributed by atoms with E-state index in [4.69, 9.17) is 11.6 Å². The summed E-state index contributed by atoms with van der Waals surface area (Å²) in [6.45, 7) is 3.81. The Morgan fingerprint density at radius 1 is 1.21 bits per heavy atom. The van der Waals surface area contributed by atoms with Gasteiger partial charge in [0.25, 0.3) is 5.91 Å². The molecule has 0 saturated carbocycles. The fourth-order valence-electron chi connectivity index (χ4n) is 2.95. The molecule has 1 amide bonds. The van der Waals surface area contributed by atoms with E-state index in [1.165, 1.54) is 17.4 Å². The third kappa shape index (κ3) is 3.97. The quantitative estimate of drug-likeness (QED) is 0.424. The second-order valence-corrected chi connectivity index (χ2v) is 8.17. The Bertz CT molecular complexity index is 1200. The first-order chi connectivity index (χ1) is 13.9. The lowest BCUT2D eigenvalue weighted by Gasteiger charge is -2.10. The molecule has 0 fully saturated rings. The molecule has 8 heteroatoms. The van der Waals surface area contributed by atoms with Crippen LogP contribution in [0, 0.1) is 5.82 Å². The third-order valence-electron chi connectivity index (χ3n) is 4.27. The summed E-state index contributed by atoms with van der Waals surface area (Å²) in [6, 6.07) is 12.1. The standard InChI is InChI=1S/C21H18ClFN4OS/c1-12(2)25-21(28)20-8-14(11-29-20)27-19-9-16(23)18(7-13(19)10-24-27)26-17-6-4-3-5-15(17)22/h3-12,26H,1-2H3,(H,25,28). The van der Waals surface area contributed by atoms with Gasteiger partial charge in [-0.1, -0.05) is 23.7 Å². The lowest BCUT2D eigenvalue weighted by Crippen LogP contribution is -2.29. The van der Waals surface area contributed by atoms with E-state index in [-0.39, 0.29) is 11.9 Å². The monoisotopic (exact) mass is 428 g/mol. The van der Waals surface area contributed by atoms with Crippen molar-refractivity contribution in [3.63, 3.8) is 0 Å². The number of rotatable bonds is 5. The van der Waals surface area contributed by atoms with Gasteiger partial charge in [0.1, 0.15) is 5.82 Å². The van der Waals surface area contributed by atoms with Gasteiger partial charge in [-0.05, 0) is 38.1 Å². The van der Waals surface area contributed by atoms with E-state index >= 15 is 0 Å². The molecule has 2 heterocycles. The van der Waals surface area contributed by atoms with Crippen LogP contribution in [0.2, 0.25) is 5.02 Å². The SMILES string of the molecule is CC(C)NC(=O)c1cc(-n2ncc3cc(Nc4ccccc4Cl)c(F)cc32)cs1.